The Balaban J connectivity index is 1.97. The average Bonchev–Trinajstić information content (AvgIpc) is 3.19. The van der Waals surface area contributed by atoms with Gasteiger partial charge in [-0.05, 0) is 62.2 Å². The first kappa shape index (κ1) is 19.8. The van der Waals surface area contributed by atoms with E-state index in [2.05, 4.69) is 0 Å². The van der Waals surface area contributed by atoms with Gasteiger partial charge in [-0.15, -0.1) is 0 Å². The van der Waals surface area contributed by atoms with Crippen LogP contribution in [-0.4, -0.2) is 38.3 Å². The number of nitrogens with zero attached hydrogens (tertiary/aromatic N) is 2. The molecule has 8 heteroatoms. The Bertz CT molecular complexity index is 942. The monoisotopic (exact) mass is 410 g/mol. The van der Waals surface area contributed by atoms with Gasteiger partial charge in [0.15, 0.2) is 0 Å². The van der Waals surface area contributed by atoms with E-state index in [1.54, 1.807) is 6.92 Å². The van der Waals surface area contributed by atoms with Crippen LogP contribution in [0.25, 0.3) is 0 Å². The SMILES string of the molecule is CCN(C(=O)c1cc(S(=O)(=O)N2CCCC2)ccc1Cl)c1ccc(F)cc1. The molecule has 0 aliphatic carbocycles. The minimum Gasteiger partial charge on any atom is -0.309 e. The third-order valence-corrected chi connectivity index (χ3v) is 6.79. The normalized spacial score (nSPS) is 15.1. The maximum absolute atomic E-state index is 13.2. The predicted molar refractivity (Wildman–Crippen MR) is 103 cm³/mol. The Labute approximate surface area is 163 Å². The molecule has 1 aliphatic rings. The Morgan fingerprint density at radius 3 is 2.37 bits per heavy atom. The standard InChI is InChI=1S/C19H20ClFN2O3S/c1-2-23(15-7-5-14(21)6-8-15)19(24)17-13-16(9-10-18(17)20)27(25,26)22-11-3-4-12-22/h5-10,13H,2-4,11-12H2,1H3. The molecule has 0 spiro atoms. The number of hydrogen-bond acceptors (Lipinski definition) is 3. The van der Waals surface area contributed by atoms with Crippen LogP contribution in [0, 0.1) is 5.82 Å². The molecule has 0 atom stereocenters. The van der Waals surface area contributed by atoms with Crippen molar-refractivity contribution in [2.45, 2.75) is 24.7 Å². The molecule has 1 heterocycles. The molecular formula is C19H20ClFN2O3S. The summed E-state index contributed by atoms with van der Waals surface area (Å²) in [6.45, 7) is 3.06. The van der Waals surface area contributed by atoms with Gasteiger partial charge in [0.1, 0.15) is 5.82 Å². The number of rotatable bonds is 5. The Morgan fingerprint density at radius 2 is 1.78 bits per heavy atom. The minimum absolute atomic E-state index is 0.0484. The maximum atomic E-state index is 13.2. The van der Waals surface area contributed by atoms with E-state index in [9.17, 15) is 17.6 Å². The highest BCUT2D eigenvalue weighted by molar-refractivity contribution is 7.89. The lowest BCUT2D eigenvalue weighted by molar-refractivity contribution is 0.0988. The first-order chi connectivity index (χ1) is 12.8. The van der Waals surface area contributed by atoms with E-state index >= 15 is 0 Å². The molecule has 1 amide bonds. The number of sulfonamides is 1. The third-order valence-electron chi connectivity index (χ3n) is 4.57. The number of halogens is 2. The summed E-state index contributed by atoms with van der Waals surface area (Å²) in [5.74, 6) is -0.841. The second-order valence-corrected chi connectivity index (χ2v) is 8.62. The van der Waals surface area contributed by atoms with Gasteiger partial charge in [0.2, 0.25) is 10.0 Å². The van der Waals surface area contributed by atoms with Crippen molar-refractivity contribution in [3.63, 3.8) is 0 Å². The third kappa shape index (κ3) is 4.00. The van der Waals surface area contributed by atoms with Crippen LogP contribution < -0.4 is 4.90 Å². The van der Waals surface area contributed by atoms with E-state index in [0.717, 1.165) is 12.8 Å². The highest BCUT2D eigenvalue weighted by Crippen LogP contribution is 2.27. The zero-order chi connectivity index (χ0) is 19.6. The molecule has 2 aromatic carbocycles. The molecule has 1 fully saturated rings. The number of amides is 1. The van der Waals surface area contributed by atoms with Crippen molar-refractivity contribution in [1.82, 2.24) is 4.31 Å². The van der Waals surface area contributed by atoms with Crippen molar-refractivity contribution in [2.75, 3.05) is 24.5 Å². The van der Waals surface area contributed by atoms with Crippen molar-refractivity contribution in [1.29, 1.82) is 0 Å². The van der Waals surface area contributed by atoms with E-state index in [-0.39, 0.29) is 15.5 Å². The van der Waals surface area contributed by atoms with Gasteiger partial charge < -0.3 is 4.90 Å². The zero-order valence-corrected chi connectivity index (χ0v) is 16.4. The van der Waals surface area contributed by atoms with Gasteiger partial charge in [0.05, 0.1) is 15.5 Å². The second kappa shape index (κ2) is 7.96. The van der Waals surface area contributed by atoms with Crippen LogP contribution in [0.3, 0.4) is 0 Å². The number of carbonyl (C=O) groups is 1. The summed E-state index contributed by atoms with van der Waals surface area (Å²) in [6.07, 6.45) is 1.65. The Kier molecular flexibility index (Phi) is 5.83. The minimum atomic E-state index is -3.66. The van der Waals surface area contributed by atoms with E-state index in [1.807, 2.05) is 0 Å². The van der Waals surface area contributed by atoms with Crippen molar-refractivity contribution in [3.8, 4) is 0 Å². The molecule has 0 bridgehead atoms. The van der Waals surface area contributed by atoms with E-state index in [4.69, 9.17) is 11.6 Å². The topological polar surface area (TPSA) is 57.7 Å². The van der Waals surface area contributed by atoms with Gasteiger partial charge in [-0.25, -0.2) is 12.8 Å². The number of anilines is 1. The molecule has 2 aromatic rings. The van der Waals surface area contributed by atoms with Crippen molar-refractivity contribution in [2.24, 2.45) is 0 Å². The second-order valence-electron chi connectivity index (χ2n) is 6.28. The van der Waals surface area contributed by atoms with Crippen LogP contribution in [0.4, 0.5) is 10.1 Å². The molecule has 0 unspecified atom stereocenters. The fourth-order valence-electron chi connectivity index (χ4n) is 3.12. The van der Waals surface area contributed by atoms with E-state index < -0.39 is 21.7 Å². The van der Waals surface area contributed by atoms with E-state index in [1.165, 1.54) is 51.7 Å². The molecule has 0 aromatic heterocycles. The van der Waals surface area contributed by atoms with Gasteiger partial charge in [0.25, 0.3) is 5.91 Å². The molecule has 144 valence electrons. The summed E-state index contributed by atoms with van der Waals surface area (Å²) in [5, 5.41) is 0.168. The molecule has 27 heavy (non-hydrogen) atoms. The molecule has 0 N–H and O–H groups in total. The maximum Gasteiger partial charge on any atom is 0.259 e. The van der Waals surface area contributed by atoms with Gasteiger partial charge >= 0.3 is 0 Å². The highest BCUT2D eigenvalue weighted by atomic mass is 35.5. The van der Waals surface area contributed by atoms with Crippen molar-refractivity contribution < 1.29 is 17.6 Å². The quantitative estimate of drug-likeness (QED) is 0.750. The lowest BCUT2D eigenvalue weighted by Gasteiger charge is -2.22. The summed E-state index contributed by atoms with van der Waals surface area (Å²) < 4.78 is 40.2. The average molecular weight is 411 g/mol. The largest absolute Gasteiger partial charge is 0.309 e. The van der Waals surface area contributed by atoms with Gasteiger partial charge in [-0.2, -0.15) is 4.31 Å². The van der Waals surface area contributed by atoms with Crippen LogP contribution in [0.2, 0.25) is 5.02 Å². The summed E-state index contributed by atoms with van der Waals surface area (Å²) in [4.78, 5) is 14.5. The molecule has 1 saturated heterocycles. The van der Waals surface area contributed by atoms with Crippen LogP contribution in [0.15, 0.2) is 47.4 Å². The molecule has 0 saturated carbocycles. The number of hydrogen-bond donors (Lipinski definition) is 0. The fourth-order valence-corrected chi connectivity index (χ4v) is 4.86. The van der Waals surface area contributed by atoms with Crippen LogP contribution >= 0.6 is 11.6 Å². The van der Waals surface area contributed by atoms with Crippen LogP contribution in [-0.2, 0) is 10.0 Å². The summed E-state index contributed by atoms with van der Waals surface area (Å²) >= 11 is 6.20. The summed E-state index contributed by atoms with van der Waals surface area (Å²) in [5.41, 5.74) is 0.607. The highest BCUT2D eigenvalue weighted by Gasteiger charge is 2.29. The molecule has 0 radical (unpaired) electrons. The first-order valence-corrected chi connectivity index (χ1v) is 10.5. The molecule has 1 aliphatic heterocycles. The molecule has 3 rings (SSSR count). The van der Waals surface area contributed by atoms with Gasteiger partial charge in [0, 0.05) is 25.3 Å². The van der Waals surface area contributed by atoms with Gasteiger partial charge in [-0.3, -0.25) is 4.79 Å². The lowest BCUT2D eigenvalue weighted by Crippen LogP contribution is -2.31. The van der Waals surface area contributed by atoms with Gasteiger partial charge in [-0.1, -0.05) is 11.6 Å². The fraction of sp³-hybridized carbons (Fsp3) is 0.316. The molecule has 5 nitrogen and oxygen atoms in total. The summed E-state index contributed by atoms with van der Waals surface area (Å²) in [6, 6.07) is 9.69. The van der Waals surface area contributed by atoms with Crippen molar-refractivity contribution >= 4 is 33.2 Å². The predicted octanol–water partition coefficient (Wildman–Crippen LogP) is 3.93. The molecular weight excluding hydrogens is 391 g/mol. The smallest absolute Gasteiger partial charge is 0.259 e. The van der Waals surface area contributed by atoms with E-state index in [0.29, 0.717) is 25.3 Å². The Morgan fingerprint density at radius 1 is 1.15 bits per heavy atom. The lowest BCUT2D eigenvalue weighted by atomic mass is 10.1. The van der Waals surface area contributed by atoms with Crippen LogP contribution in [0.5, 0.6) is 0 Å². The Hall–Kier alpha value is -1.96. The zero-order valence-electron chi connectivity index (χ0n) is 14.9. The summed E-state index contributed by atoms with van der Waals surface area (Å²) in [7, 11) is -3.66. The van der Waals surface area contributed by atoms with Crippen LogP contribution in [0.1, 0.15) is 30.1 Å². The first-order valence-electron chi connectivity index (χ1n) is 8.71. The van der Waals surface area contributed by atoms with Crippen molar-refractivity contribution in [3.05, 3.63) is 58.9 Å². The number of benzene rings is 2. The number of carbonyl (C=O) groups excluding carboxylic acids is 1.